The first-order valence-electron chi connectivity index (χ1n) is 7.12. The molecule has 1 aromatic rings. The summed E-state index contributed by atoms with van der Waals surface area (Å²) in [7, 11) is 3.78. The monoisotopic (exact) mass is 263 g/mol. The third-order valence-electron chi connectivity index (χ3n) is 4.03. The number of nitrogens with zero attached hydrogens (tertiary/aromatic N) is 2. The summed E-state index contributed by atoms with van der Waals surface area (Å²) in [6, 6.07) is 4.52. The number of hydrogen-bond donors (Lipinski definition) is 1. The van der Waals surface area contributed by atoms with E-state index in [0.29, 0.717) is 12.0 Å². The van der Waals surface area contributed by atoms with Gasteiger partial charge in [0, 0.05) is 44.6 Å². The van der Waals surface area contributed by atoms with Crippen LogP contribution in [0.3, 0.4) is 0 Å². The van der Waals surface area contributed by atoms with E-state index in [-0.39, 0.29) is 0 Å². The fourth-order valence-electron chi connectivity index (χ4n) is 2.71. The number of anilines is 1. The van der Waals surface area contributed by atoms with Gasteiger partial charge < -0.3 is 15.0 Å². The van der Waals surface area contributed by atoms with E-state index in [0.717, 1.165) is 25.5 Å². The lowest BCUT2D eigenvalue weighted by molar-refractivity contribution is 0.139. The van der Waals surface area contributed by atoms with E-state index >= 15 is 0 Å². The van der Waals surface area contributed by atoms with Gasteiger partial charge in [-0.1, -0.05) is 6.07 Å². The van der Waals surface area contributed by atoms with Crippen molar-refractivity contribution in [3.05, 3.63) is 23.9 Å². The summed E-state index contributed by atoms with van der Waals surface area (Å²) in [4.78, 5) is 7.01. The highest BCUT2D eigenvalue weighted by atomic mass is 16.5. The number of pyridine rings is 1. The highest BCUT2D eigenvalue weighted by Crippen LogP contribution is 2.27. The standard InChI is InChI=1S/C15H25N3O/c1-12(16-2)14-5-4-8-17-15(14)18-9-6-13(7-10-18)11-19-3/h4-5,8,12-13,16H,6-7,9-11H2,1-3H3. The quantitative estimate of drug-likeness (QED) is 0.884. The minimum absolute atomic E-state index is 0.334. The van der Waals surface area contributed by atoms with Gasteiger partial charge in [-0.15, -0.1) is 0 Å². The lowest BCUT2D eigenvalue weighted by Gasteiger charge is -2.34. The van der Waals surface area contributed by atoms with Gasteiger partial charge >= 0.3 is 0 Å². The van der Waals surface area contributed by atoms with Crippen LogP contribution in [-0.2, 0) is 4.74 Å². The molecule has 0 aliphatic carbocycles. The Kier molecular flexibility index (Phi) is 5.16. The molecule has 4 nitrogen and oxygen atoms in total. The van der Waals surface area contributed by atoms with E-state index in [2.05, 4.69) is 28.2 Å². The van der Waals surface area contributed by atoms with Gasteiger partial charge in [0.2, 0.25) is 0 Å². The topological polar surface area (TPSA) is 37.4 Å². The van der Waals surface area contributed by atoms with E-state index in [9.17, 15) is 0 Å². The van der Waals surface area contributed by atoms with Crippen LogP contribution >= 0.6 is 0 Å². The lowest BCUT2D eigenvalue weighted by atomic mass is 9.97. The molecule has 1 aliphatic rings. The van der Waals surface area contributed by atoms with Gasteiger partial charge in [0.15, 0.2) is 0 Å². The van der Waals surface area contributed by atoms with Crippen molar-refractivity contribution < 1.29 is 4.74 Å². The molecule has 0 amide bonds. The molecular formula is C15H25N3O. The Labute approximate surface area is 116 Å². The molecule has 1 saturated heterocycles. The molecule has 0 bridgehead atoms. The minimum Gasteiger partial charge on any atom is -0.384 e. The van der Waals surface area contributed by atoms with Crippen molar-refractivity contribution in [1.29, 1.82) is 0 Å². The summed E-state index contributed by atoms with van der Waals surface area (Å²) in [5, 5.41) is 3.30. The average Bonchev–Trinajstić information content (AvgIpc) is 2.47. The van der Waals surface area contributed by atoms with Crippen LogP contribution < -0.4 is 10.2 Å². The molecular weight excluding hydrogens is 238 g/mol. The molecule has 0 spiro atoms. The van der Waals surface area contributed by atoms with Crippen molar-refractivity contribution in [3.63, 3.8) is 0 Å². The van der Waals surface area contributed by atoms with Crippen LogP contribution in [0.5, 0.6) is 0 Å². The Morgan fingerprint density at radius 2 is 2.21 bits per heavy atom. The molecule has 0 saturated carbocycles. The summed E-state index contributed by atoms with van der Waals surface area (Å²) in [6.07, 6.45) is 4.28. The van der Waals surface area contributed by atoms with Gasteiger partial charge in [-0.05, 0) is 38.8 Å². The Morgan fingerprint density at radius 3 is 2.84 bits per heavy atom. The van der Waals surface area contributed by atoms with Crippen LogP contribution in [-0.4, -0.2) is 38.8 Å². The summed E-state index contributed by atoms with van der Waals surface area (Å²) in [5.41, 5.74) is 1.29. The second-order valence-electron chi connectivity index (χ2n) is 5.31. The number of rotatable bonds is 5. The first kappa shape index (κ1) is 14.3. The summed E-state index contributed by atoms with van der Waals surface area (Å²) < 4.78 is 5.26. The van der Waals surface area contributed by atoms with Crippen LogP contribution in [0.1, 0.15) is 31.4 Å². The van der Waals surface area contributed by atoms with Gasteiger partial charge in [0.05, 0.1) is 0 Å². The van der Waals surface area contributed by atoms with Gasteiger partial charge in [-0.2, -0.15) is 0 Å². The number of hydrogen-bond acceptors (Lipinski definition) is 4. The predicted molar refractivity (Wildman–Crippen MR) is 78.5 cm³/mol. The summed E-state index contributed by atoms with van der Waals surface area (Å²) >= 11 is 0. The third-order valence-corrected chi connectivity index (χ3v) is 4.03. The van der Waals surface area contributed by atoms with E-state index < -0.39 is 0 Å². The molecule has 1 N–H and O–H groups in total. The molecule has 19 heavy (non-hydrogen) atoms. The highest BCUT2D eigenvalue weighted by Gasteiger charge is 2.22. The second kappa shape index (κ2) is 6.87. The van der Waals surface area contributed by atoms with Crippen molar-refractivity contribution in [2.24, 2.45) is 5.92 Å². The predicted octanol–water partition coefficient (Wildman–Crippen LogP) is 2.22. The van der Waals surface area contributed by atoms with Crippen LogP contribution in [0, 0.1) is 5.92 Å². The number of aromatic nitrogens is 1. The number of piperidine rings is 1. The van der Waals surface area contributed by atoms with E-state index in [1.165, 1.54) is 18.4 Å². The van der Waals surface area contributed by atoms with E-state index in [1.807, 2.05) is 19.3 Å². The molecule has 1 aromatic heterocycles. The van der Waals surface area contributed by atoms with E-state index in [1.54, 1.807) is 7.11 Å². The molecule has 1 atom stereocenters. The summed E-state index contributed by atoms with van der Waals surface area (Å²) in [5.74, 6) is 1.84. The first-order chi connectivity index (χ1) is 9.26. The molecule has 0 radical (unpaired) electrons. The average molecular weight is 263 g/mol. The molecule has 0 aromatic carbocycles. The molecule has 2 heterocycles. The smallest absolute Gasteiger partial charge is 0.133 e. The number of methoxy groups -OCH3 is 1. The molecule has 2 rings (SSSR count). The SMILES string of the molecule is CNC(C)c1cccnc1N1CCC(COC)CC1. The molecule has 1 aliphatic heterocycles. The van der Waals surface area contributed by atoms with Gasteiger partial charge in [0.25, 0.3) is 0 Å². The normalized spacial score (nSPS) is 18.6. The zero-order valence-electron chi connectivity index (χ0n) is 12.2. The number of ether oxygens (including phenoxy) is 1. The third kappa shape index (κ3) is 3.45. The van der Waals surface area contributed by atoms with Crippen molar-refractivity contribution in [2.45, 2.75) is 25.8 Å². The number of nitrogens with one attached hydrogen (secondary N) is 1. The Hall–Kier alpha value is -1.13. The summed E-state index contributed by atoms with van der Waals surface area (Å²) in [6.45, 7) is 5.22. The molecule has 1 fully saturated rings. The second-order valence-corrected chi connectivity index (χ2v) is 5.31. The molecule has 1 unspecified atom stereocenters. The Balaban J connectivity index is 2.07. The van der Waals surface area contributed by atoms with Crippen molar-refractivity contribution in [1.82, 2.24) is 10.3 Å². The van der Waals surface area contributed by atoms with Crippen LogP contribution in [0.15, 0.2) is 18.3 Å². The van der Waals surface area contributed by atoms with Crippen molar-refractivity contribution in [3.8, 4) is 0 Å². The minimum atomic E-state index is 0.334. The Bertz CT molecular complexity index is 389. The zero-order valence-corrected chi connectivity index (χ0v) is 12.2. The highest BCUT2D eigenvalue weighted by molar-refractivity contribution is 5.48. The van der Waals surface area contributed by atoms with Crippen LogP contribution in [0.2, 0.25) is 0 Å². The fourth-order valence-corrected chi connectivity index (χ4v) is 2.71. The lowest BCUT2D eigenvalue weighted by Crippen LogP contribution is -2.36. The van der Waals surface area contributed by atoms with Crippen molar-refractivity contribution >= 4 is 5.82 Å². The maximum Gasteiger partial charge on any atom is 0.133 e. The van der Waals surface area contributed by atoms with Gasteiger partial charge in [-0.3, -0.25) is 0 Å². The van der Waals surface area contributed by atoms with E-state index in [4.69, 9.17) is 4.74 Å². The molecule has 106 valence electrons. The Morgan fingerprint density at radius 1 is 1.47 bits per heavy atom. The van der Waals surface area contributed by atoms with Crippen LogP contribution in [0.4, 0.5) is 5.82 Å². The largest absolute Gasteiger partial charge is 0.384 e. The van der Waals surface area contributed by atoms with Crippen LogP contribution in [0.25, 0.3) is 0 Å². The first-order valence-corrected chi connectivity index (χ1v) is 7.12. The van der Waals surface area contributed by atoms with Gasteiger partial charge in [-0.25, -0.2) is 4.98 Å². The maximum atomic E-state index is 5.26. The fraction of sp³-hybridized carbons (Fsp3) is 0.667. The van der Waals surface area contributed by atoms with Crippen molar-refractivity contribution in [2.75, 3.05) is 38.8 Å². The maximum absolute atomic E-state index is 5.26. The zero-order chi connectivity index (χ0) is 13.7. The molecule has 4 heteroatoms. The van der Waals surface area contributed by atoms with Gasteiger partial charge in [0.1, 0.15) is 5.82 Å².